The Morgan fingerprint density at radius 2 is 2.00 bits per heavy atom. The van der Waals surface area contributed by atoms with Gasteiger partial charge in [-0.25, -0.2) is 4.79 Å². The predicted octanol–water partition coefficient (Wildman–Crippen LogP) is 4.37. The number of hydrogen-bond donors (Lipinski definition) is 1. The summed E-state index contributed by atoms with van der Waals surface area (Å²) in [7, 11) is 1.61. The zero-order valence-corrected chi connectivity index (χ0v) is 14.5. The number of carboxylic acid groups (broad SMARTS) is 1. The van der Waals surface area contributed by atoms with E-state index in [1.807, 2.05) is 39.0 Å². The molecule has 0 saturated heterocycles. The number of nitrogens with zero attached hydrogens (tertiary/aromatic N) is 1. The molecule has 0 amide bonds. The summed E-state index contributed by atoms with van der Waals surface area (Å²) in [4.78, 5) is 16.0. The van der Waals surface area contributed by atoms with Crippen LogP contribution in [0.3, 0.4) is 0 Å². The molecule has 0 unspecified atom stereocenters. The molecular weight excluding hydrogens is 306 g/mol. The van der Waals surface area contributed by atoms with Gasteiger partial charge < -0.3 is 14.6 Å². The third-order valence-electron chi connectivity index (χ3n) is 3.63. The highest BCUT2D eigenvalue weighted by molar-refractivity contribution is 5.89. The van der Waals surface area contributed by atoms with E-state index in [2.05, 4.69) is 4.98 Å². The molecule has 0 saturated carbocycles. The zero-order chi connectivity index (χ0) is 17.7. The highest BCUT2D eigenvalue weighted by Crippen LogP contribution is 2.34. The first-order valence-electron chi connectivity index (χ1n) is 8.03. The standard InChI is InChI=1S/C19H23NO4/c1-5-10-24-17-11-13(23-4)6-7-14(17)16-9-8-15(19(21)22)18(20-16)12(2)3/h6-9,11-12H,5,10H2,1-4H3,(H,21,22). The Morgan fingerprint density at radius 3 is 2.58 bits per heavy atom. The van der Waals surface area contributed by atoms with E-state index in [0.717, 1.165) is 12.0 Å². The zero-order valence-electron chi connectivity index (χ0n) is 14.5. The lowest BCUT2D eigenvalue weighted by Gasteiger charge is -2.15. The Morgan fingerprint density at radius 1 is 1.25 bits per heavy atom. The number of carbonyl (C=O) groups is 1. The van der Waals surface area contributed by atoms with Gasteiger partial charge in [-0.2, -0.15) is 0 Å². The summed E-state index contributed by atoms with van der Waals surface area (Å²) in [5, 5.41) is 9.33. The second kappa shape index (κ2) is 7.81. The van der Waals surface area contributed by atoms with Crippen LogP contribution in [-0.4, -0.2) is 29.8 Å². The molecule has 1 aromatic carbocycles. The lowest BCUT2D eigenvalue weighted by molar-refractivity contribution is 0.0694. The van der Waals surface area contributed by atoms with E-state index in [4.69, 9.17) is 9.47 Å². The number of rotatable bonds is 7. The molecule has 0 spiro atoms. The van der Waals surface area contributed by atoms with Crippen molar-refractivity contribution in [2.24, 2.45) is 0 Å². The third kappa shape index (κ3) is 3.85. The first-order chi connectivity index (χ1) is 11.5. The number of methoxy groups -OCH3 is 1. The quantitative estimate of drug-likeness (QED) is 0.817. The average molecular weight is 329 g/mol. The summed E-state index contributed by atoms with van der Waals surface area (Å²) in [5.41, 5.74) is 2.32. The van der Waals surface area contributed by atoms with Gasteiger partial charge in [0.25, 0.3) is 0 Å². The minimum Gasteiger partial charge on any atom is -0.497 e. The molecule has 0 fully saturated rings. The van der Waals surface area contributed by atoms with E-state index in [0.29, 0.717) is 29.5 Å². The summed E-state index contributed by atoms with van der Waals surface area (Å²) in [6.45, 7) is 6.49. The molecule has 128 valence electrons. The van der Waals surface area contributed by atoms with Crippen LogP contribution in [0.4, 0.5) is 0 Å². The summed E-state index contributed by atoms with van der Waals surface area (Å²) in [5.74, 6) is 0.432. The maximum absolute atomic E-state index is 11.4. The van der Waals surface area contributed by atoms with Crippen molar-refractivity contribution in [2.45, 2.75) is 33.1 Å². The average Bonchev–Trinajstić information content (AvgIpc) is 2.58. The van der Waals surface area contributed by atoms with Crippen molar-refractivity contribution in [1.29, 1.82) is 0 Å². The fourth-order valence-corrected chi connectivity index (χ4v) is 2.42. The van der Waals surface area contributed by atoms with Gasteiger partial charge in [0.05, 0.1) is 30.7 Å². The lowest BCUT2D eigenvalue weighted by Crippen LogP contribution is -2.07. The largest absolute Gasteiger partial charge is 0.497 e. The van der Waals surface area contributed by atoms with Crippen LogP contribution in [-0.2, 0) is 0 Å². The first-order valence-corrected chi connectivity index (χ1v) is 8.03. The maximum atomic E-state index is 11.4. The molecule has 0 aliphatic rings. The lowest BCUT2D eigenvalue weighted by atomic mass is 10.0. The van der Waals surface area contributed by atoms with Gasteiger partial charge in [0.1, 0.15) is 11.5 Å². The van der Waals surface area contributed by atoms with Gasteiger partial charge >= 0.3 is 5.97 Å². The second-order valence-corrected chi connectivity index (χ2v) is 5.80. The minimum absolute atomic E-state index is 0.00862. The molecule has 5 heteroatoms. The number of pyridine rings is 1. The van der Waals surface area contributed by atoms with Crippen molar-refractivity contribution < 1.29 is 19.4 Å². The maximum Gasteiger partial charge on any atom is 0.337 e. The van der Waals surface area contributed by atoms with Crippen LogP contribution in [0.2, 0.25) is 0 Å². The molecule has 1 N–H and O–H groups in total. The Kier molecular flexibility index (Phi) is 5.79. The van der Waals surface area contributed by atoms with E-state index in [1.165, 1.54) is 0 Å². The van der Waals surface area contributed by atoms with Crippen molar-refractivity contribution in [3.8, 4) is 22.8 Å². The van der Waals surface area contributed by atoms with Crippen molar-refractivity contribution in [3.63, 3.8) is 0 Å². The summed E-state index contributed by atoms with van der Waals surface area (Å²) in [6.07, 6.45) is 0.888. The van der Waals surface area contributed by atoms with Crippen LogP contribution < -0.4 is 9.47 Å². The first kappa shape index (κ1) is 17.8. The van der Waals surface area contributed by atoms with Crippen LogP contribution in [0.5, 0.6) is 11.5 Å². The number of aromatic nitrogens is 1. The Labute approximate surface area is 142 Å². The van der Waals surface area contributed by atoms with Crippen molar-refractivity contribution in [2.75, 3.05) is 13.7 Å². The number of ether oxygens (including phenoxy) is 2. The van der Waals surface area contributed by atoms with E-state index in [1.54, 1.807) is 19.2 Å². The molecule has 2 rings (SSSR count). The molecular formula is C19H23NO4. The monoisotopic (exact) mass is 329 g/mol. The van der Waals surface area contributed by atoms with E-state index >= 15 is 0 Å². The normalized spacial score (nSPS) is 10.7. The van der Waals surface area contributed by atoms with Crippen molar-refractivity contribution in [3.05, 3.63) is 41.6 Å². The molecule has 2 aromatic rings. The van der Waals surface area contributed by atoms with Crippen LogP contribution in [0.15, 0.2) is 30.3 Å². The fourth-order valence-electron chi connectivity index (χ4n) is 2.42. The number of benzene rings is 1. The molecule has 0 radical (unpaired) electrons. The number of carboxylic acids is 1. The molecule has 5 nitrogen and oxygen atoms in total. The molecule has 24 heavy (non-hydrogen) atoms. The van der Waals surface area contributed by atoms with Gasteiger partial charge in [0.2, 0.25) is 0 Å². The Hall–Kier alpha value is -2.56. The number of aromatic carboxylic acids is 1. The smallest absolute Gasteiger partial charge is 0.337 e. The highest BCUT2D eigenvalue weighted by atomic mass is 16.5. The highest BCUT2D eigenvalue weighted by Gasteiger charge is 2.17. The molecule has 1 aromatic heterocycles. The summed E-state index contributed by atoms with van der Waals surface area (Å²) < 4.78 is 11.1. The molecule has 0 aliphatic heterocycles. The van der Waals surface area contributed by atoms with Crippen molar-refractivity contribution >= 4 is 5.97 Å². The van der Waals surface area contributed by atoms with Gasteiger partial charge in [-0.05, 0) is 36.6 Å². The summed E-state index contributed by atoms with van der Waals surface area (Å²) >= 11 is 0. The minimum atomic E-state index is -0.963. The molecule has 0 aliphatic carbocycles. The van der Waals surface area contributed by atoms with Gasteiger partial charge in [-0.15, -0.1) is 0 Å². The Bertz CT molecular complexity index is 725. The molecule has 1 heterocycles. The van der Waals surface area contributed by atoms with Gasteiger partial charge in [0.15, 0.2) is 0 Å². The van der Waals surface area contributed by atoms with Gasteiger partial charge in [-0.3, -0.25) is 4.98 Å². The predicted molar refractivity (Wildman–Crippen MR) is 93.1 cm³/mol. The van der Waals surface area contributed by atoms with Crippen LogP contribution in [0.1, 0.15) is 49.2 Å². The molecule has 0 bridgehead atoms. The molecule has 0 atom stereocenters. The van der Waals surface area contributed by atoms with E-state index in [9.17, 15) is 9.90 Å². The topological polar surface area (TPSA) is 68.7 Å². The van der Waals surface area contributed by atoms with Crippen LogP contribution in [0, 0.1) is 0 Å². The SMILES string of the molecule is CCCOc1cc(OC)ccc1-c1ccc(C(=O)O)c(C(C)C)n1. The van der Waals surface area contributed by atoms with Crippen LogP contribution >= 0.6 is 0 Å². The van der Waals surface area contributed by atoms with Crippen molar-refractivity contribution in [1.82, 2.24) is 4.98 Å². The fraction of sp³-hybridized carbons (Fsp3) is 0.368. The van der Waals surface area contributed by atoms with E-state index < -0.39 is 5.97 Å². The summed E-state index contributed by atoms with van der Waals surface area (Å²) in [6, 6.07) is 8.88. The van der Waals surface area contributed by atoms with Crippen LogP contribution in [0.25, 0.3) is 11.3 Å². The van der Waals surface area contributed by atoms with Gasteiger partial charge in [0, 0.05) is 11.6 Å². The Balaban J connectivity index is 2.54. The number of hydrogen-bond acceptors (Lipinski definition) is 4. The van der Waals surface area contributed by atoms with E-state index in [-0.39, 0.29) is 11.5 Å². The third-order valence-corrected chi connectivity index (χ3v) is 3.63. The second-order valence-electron chi connectivity index (χ2n) is 5.80. The van der Waals surface area contributed by atoms with Gasteiger partial charge in [-0.1, -0.05) is 20.8 Å².